The van der Waals surface area contributed by atoms with Gasteiger partial charge in [-0.3, -0.25) is 4.90 Å². The Labute approximate surface area is 131 Å². The van der Waals surface area contributed by atoms with Gasteiger partial charge in [-0.25, -0.2) is 4.79 Å². The smallest absolute Gasteiger partial charge is 0.321 e. The van der Waals surface area contributed by atoms with E-state index in [1.165, 1.54) is 5.56 Å². The number of nitrogens with zero attached hydrogens (tertiary/aromatic N) is 1. The first-order chi connectivity index (χ1) is 10.6. The number of ether oxygens (including phenoxy) is 2. The minimum Gasteiger partial charge on any atom is -0.348 e. The summed E-state index contributed by atoms with van der Waals surface area (Å²) in [6.45, 7) is 6.76. The van der Waals surface area contributed by atoms with Gasteiger partial charge in [-0.1, -0.05) is 25.1 Å². The molecule has 1 atom stereocenters. The molecule has 5 nitrogen and oxygen atoms in total. The fourth-order valence-corrected chi connectivity index (χ4v) is 3.29. The molecule has 0 bridgehead atoms. The van der Waals surface area contributed by atoms with Crippen LogP contribution in [0.5, 0.6) is 0 Å². The number of hydrogen-bond acceptors (Lipinski definition) is 3. The number of anilines is 1. The Hall–Kier alpha value is -1.59. The molecule has 5 heteroatoms. The molecule has 2 heterocycles. The average Bonchev–Trinajstić information content (AvgIpc) is 3.11. The van der Waals surface area contributed by atoms with E-state index in [2.05, 4.69) is 18.3 Å². The van der Waals surface area contributed by atoms with Crippen molar-refractivity contribution in [3.8, 4) is 0 Å². The van der Waals surface area contributed by atoms with Crippen LogP contribution in [0.3, 0.4) is 0 Å². The first-order valence-corrected chi connectivity index (χ1v) is 7.99. The zero-order chi connectivity index (χ0) is 15.6. The molecule has 0 aliphatic carbocycles. The highest BCUT2D eigenvalue weighted by Gasteiger charge is 2.33. The Morgan fingerprint density at radius 2 is 2.09 bits per heavy atom. The maximum absolute atomic E-state index is 12.4. The number of carbonyl (C=O) groups excluding carboxylic acids is 1. The number of benzene rings is 1. The fourth-order valence-electron chi connectivity index (χ4n) is 3.29. The maximum Gasteiger partial charge on any atom is 0.321 e. The van der Waals surface area contributed by atoms with Crippen molar-refractivity contribution >= 4 is 11.7 Å². The minimum absolute atomic E-state index is 0.0183. The topological polar surface area (TPSA) is 50.8 Å². The molecule has 2 aliphatic heterocycles. The second kappa shape index (κ2) is 6.26. The Balaban J connectivity index is 1.50. The van der Waals surface area contributed by atoms with E-state index >= 15 is 0 Å². The van der Waals surface area contributed by atoms with Gasteiger partial charge in [0.15, 0.2) is 5.79 Å². The monoisotopic (exact) mass is 304 g/mol. The van der Waals surface area contributed by atoms with Crippen molar-refractivity contribution in [1.29, 1.82) is 0 Å². The summed E-state index contributed by atoms with van der Waals surface area (Å²) in [5.41, 5.74) is 2.27. The lowest BCUT2D eigenvalue weighted by Crippen LogP contribution is -2.42. The largest absolute Gasteiger partial charge is 0.348 e. The lowest BCUT2D eigenvalue weighted by atomic mass is 10.0. The average molecular weight is 304 g/mol. The molecule has 0 radical (unpaired) electrons. The number of rotatable bonds is 4. The molecular weight excluding hydrogens is 280 g/mol. The molecule has 120 valence electrons. The van der Waals surface area contributed by atoms with E-state index in [1.54, 1.807) is 0 Å². The van der Waals surface area contributed by atoms with Gasteiger partial charge in [-0.15, -0.1) is 0 Å². The summed E-state index contributed by atoms with van der Waals surface area (Å²) in [7, 11) is 0. The van der Waals surface area contributed by atoms with Crippen LogP contribution in [0.4, 0.5) is 10.5 Å². The second-order valence-corrected chi connectivity index (χ2v) is 6.36. The van der Waals surface area contributed by atoms with Gasteiger partial charge in [0.05, 0.1) is 13.2 Å². The minimum atomic E-state index is -0.496. The molecular formula is C17H24N2O3. The van der Waals surface area contributed by atoms with Crippen LogP contribution in [-0.2, 0) is 15.9 Å². The van der Waals surface area contributed by atoms with Crippen molar-refractivity contribution < 1.29 is 14.3 Å². The Kier molecular flexibility index (Phi) is 4.36. The number of amides is 2. The number of urea groups is 1. The number of nitrogens with one attached hydrogen (secondary N) is 1. The molecule has 2 aliphatic rings. The molecule has 1 aromatic rings. The lowest BCUT2D eigenvalue weighted by molar-refractivity contribution is -0.153. The van der Waals surface area contributed by atoms with Gasteiger partial charge in [0.1, 0.15) is 0 Å². The van der Waals surface area contributed by atoms with Gasteiger partial charge >= 0.3 is 6.03 Å². The predicted octanol–water partition coefficient (Wildman–Crippen LogP) is 2.55. The molecule has 1 aromatic carbocycles. The van der Waals surface area contributed by atoms with Gasteiger partial charge in [-0.2, -0.15) is 0 Å². The van der Waals surface area contributed by atoms with E-state index < -0.39 is 5.79 Å². The molecule has 0 unspecified atom stereocenters. The van der Waals surface area contributed by atoms with Crippen LogP contribution in [0.1, 0.15) is 25.8 Å². The molecule has 1 saturated heterocycles. The standard InChI is InChI=1S/C17H24N2O3/c1-13(11-17(2)21-9-10-22-17)12-18-16(20)19-8-7-14-5-3-4-6-15(14)19/h3-6,13H,7-12H2,1-2H3,(H,18,20)/t13-/m1/s1. The van der Waals surface area contributed by atoms with Crippen molar-refractivity contribution in [3.05, 3.63) is 29.8 Å². The summed E-state index contributed by atoms with van der Waals surface area (Å²) in [5.74, 6) is -0.199. The van der Waals surface area contributed by atoms with Crippen LogP contribution >= 0.6 is 0 Å². The van der Waals surface area contributed by atoms with Crippen molar-refractivity contribution in [1.82, 2.24) is 5.32 Å². The Morgan fingerprint density at radius 3 is 2.86 bits per heavy atom. The Morgan fingerprint density at radius 1 is 1.36 bits per heavy atom. The van der Waals surface area contributed by atoms with Gasteiger partial charge < -0.3 is 14.8 Å². The predicted molar refractivity (Wildman–Crippen MR) is 85.0 cm³/mol. The van der Waals surface area contributed by atoms with Crippen LogP contribution in [0.15, 0.2) is 24.3 Å². The van der Waals surface area contributed by atoms with Gasteiger partial charge in [-0.05, 0) is 30.9 Å². The molecule has 0 spiro atoms. The SMILES string of the molecule is C[C@@H](CNC(=O)N1CCc2ccccc21)CC1(C)OCCO1. The first-order valence-electron chi connectivity index (χ1n) is 7.99. The van der Waals surface area contributed by atoms with Crippen molar-refractivity contribution in [3.63, 3.8) is 0 Å². The third-order valence-corrected chi connectivity index (χ3v) is 4.35. The summed E-state index contributed by atoms with van der Waals surface area (Å²) in [5, 5.41) is 3.03. The molecule has 1 fully saturated rings. The molecule has 3 rings (SSSR count). The summed E-state index contributed by atoms with van der Waals surface area (Å²) in [4.78, 5) is 14.2. The van der Waals surface area contributed by atoms with E-state index in [0.717, 1.165) is 25.1 Å². The lowest BCUT2D eigenvalue weighted by Gasteiger charge is -2.26. The van der Waals surface area contributed by atoms with E-state index in [4.69, 9.17) is 9.47 Å². The highest BCUT2D eigenvalue weighted by Crippen LogP contribution is 2.28. The zero-order valence-electron chi connectivity index (χ0n) is 13.3. The van der Waals surface area contributed by atoms with Gasteiger partial charge in [0.25, 0.3) is 0 Å². The van der Waals surface area contributed by atoms with Crippen molar-refractivity contribution in [2.45, 2.75) is 32.5 Å². The number of carbonyl (C=O) groups is 1. The molecule has 2 amide bonds. The quantitative estimate of drug-likeness (QED) is 0.930. The third-order valence-electron chi connectivity index (χ3n) is 4.35. The number of fused-ring (bicyclic) bond motifs is 1. The second-order valence-electron chi connectivity index (χ2n) is 6.36. The molecule has 22 heavy (non-hydrogen) atoms. The maximum atomic E-state index is 12.4. The molecule has 1 N–H and O–H groups in total. The van der Waals surface area contributed by atoms with Crippen LogP contribution < -0.4 is 10.2 Å². The van der Waals surface area contributed by atoms with E-state index in [1.807, 2.05) is 30.0 Å². The summed E-state index contributed by atoms with van der Waals surface area (Å²) in [6.07, 6.45) is 1.71. The van der Waals surface area contributed by atoms with Crippen molar-refractivity contribution in [2.75, 3.05) is 31.2 Å². The zero-order valence-corrected chi connectivity index (χ0v) is 13.3. The van der Waals surface area contributed by atoms with Gasteiger partial charge in [0, 0.05) is 25.2 Å². The number of para-hydroxylation sites is 1. The van der Waals surface area contributed by atoms with Gasteiger partial charge in [0.2, 0.25) is 0 Å². The third kappa shape index (κ3) is 3.25. The summed E-state index contributed by atoms with van der Waals surface area (Å²) < 4.78 is 11.2. The summed E-state index contributed by atoms with van der Waals surface area (Å²) in [6, 6.07) is 8.07. The highest BCUT2D eigenvalue weighted by atomic mass is 16.7. The number of hydrogen-bond donors (Lipinski definition) is 1. The molecule has 0 saturated carbocycles. The van der Waals surface area contributed by atoms with E-state index in [0.29, 0.717) is 25.7 Å². The normalized spacial score (nSPS) is 20.7. The van der Waals surface area contributed by atoms with E-state index in [9.17, 15) is 4.79 Å². The fraction of sp³-hybridized carbons (Fsp3) is 0.588. The summed E-state index contributed by atoms with van der Waals surface area (Å²) >= 11 is 0. The van der Waals surface area contributed by atoms with Crippen molar-refractivity contribution in [2.24, 2.45) is 5.92 Å². The van der Waals surface area contributed by atoms with Crippen LogP contribution in [0, 0.1) is 5.92 Å². The van der Waals surface area contributed by atoms with Crippen LogP contribution in [0.25, 0.3) is 0 Å². The van der Waals surface area contributed by atoms with E-state index in [-0.39, 0.29) is 6.03 Å². The Bertz CT molecular complexity index is 540. The van der Waals surface area contributed by atoms with Crippen LogP contribution in [0.2, 0.25) is 0 Å². The molecule has 0 aromatic heterocycles. The highest BCUT2D eigenvalue weighted by molar-refractivity contribution is 5.94. The van der Waals surface area contributed by atoms with Crippen LogP contribution in [-0.4, -0.2) is 38.1 Å². The first kappa shape index (κ1) is 15.3.